The second kappa shape index (κ2) is 12.9. The average Bonchev–Trinajstić information content (AvgIpc) is 3.61. The van der Waals surface area contributed by atoms with E-state index >= 15 is 4.39 Å². The number of nitrogens with zero attached hydrogens (tertiary/aromatic N) is 5. The number of benzene rings is 3. The van der Waals surface area contributed by atoms with Crippen LogP contribution in [0.4, 0.5) is 46.9 Å². The lowest BCUT2D eigenvalue weighted by Gasteiger charge is -2.21. The molecule has 3 amide bonds. The smallest absolute Gasteiger partial charge is 0.367 e. The molecule has 0 aliphatic carbocycles. The molecule has 17 heteroatoms. The van der Waals surface area contributed by atoms with Gasteiger partial charge in [-0.1, -0.05) is 36.0 Å². The molecule has 1 saturated heterocycles. The molecule has 0 spiro atoms. The van der Waals surface area contributed by atoms with E-state index in [1.807, 2.05) is 0 Å². The third-order valence-corrected chi connectivity index (χ3v) is 7.31. The Morgan fingerprint density at radius 3 is 2.46 bits per heavy atom. The molecule has 0 radical (unpaired) electrons. The highest BCUT2D eigenvalue weighted by molar-refractivity contribution is 8.15. The summed E-state index contributed by atoms with van der Waals surface area (Å²) in [6.07, 6.45) is -7.81. The van der Waals surface area contributed by atoms with Gasteiger partial charge in [-0.15, -0.1) is 5.10 Å². The van der Waals surface area contributed by atoms with E-state index in [1.165, 1.54) is 41.3 Å². The highest BCUT2D eigenvalue weighted by Gasteiger charge is 2.33. The van der Waals surface area contributed by atoms with E-state index in [2.05, 4.69) is 20.4 Å². The van der Waals surface area contributed by atoms with Crippen LogP contribution in [0.15, 0.2) is 72.0 Å². The monoisotopic (exact) mass is 666 g/mol. The molecule has 1 N–H and O–H groups in total. The molecule has 9 nitrogen and oxygen atoms in total. The largest absolute Gasteiger partial charge is 0.416 e. The van der Waals surface area contributed by atoms with Crippen molar-refractivity contribution in [3.8, 4) is 17.1 Å². The first-order valence-corrected chi connectivity index (χ1v) is 14.2. The minimum absolute atomic E-state index is 0.0689. The van der Waals surface area contributed by atoms with Crippen molar-refractivity contribution in [2.24, 2.45) is 4.99 Å². The van der Waals surface area contributed by atoms with Gasteiger partial charge in [-0.05, 0) is 42.8 Å². The topological polar surface area (TPSA) is 102 Å². The number of carbonyl (C=O) groups is 2. The lowest BCUT2D eigenvalue weighted by atomic mass is 10.1. The minimum Gasteiger partial charge on any atom is -0.367 e. The Balaban J connectivity index is 1.30. The number of hydrogen-bond acceptors (Lipinski definition) is 6. The summed E-state index contributed by atoms with van der Waals surface area (Å²) >= 11 is 0.918. The van der Waals surface area contributed by atoms with Gasteiger partial charge in [0.2, 0.25) is 5.91 Å². The quantitative estimate of drug-likeness (QED) is 0.210. The average molecular weight is 667 g/mol. The van der Waals surface area contributed by atoms with Crippen molar-refractivity contribution >= 4 is 40.2 Å². The van der Waals surface area contributed by atoms with Gasteiger partial charge in [0.25, 0.3) is 0 Å². The number of aromatic nitrogens is 3. The fraction of sp³-hybridized carbons (Fsp3) is 0.207. The van der Waals surface area contributed by atoms with Gasteiger partial charge in [0, 0.05) is 17.2 Å². The zero-order chi connectivity index (χ0) is 33.2. The molecule has 1 fully saturated rings. The van der Waals surface area contributed by atoms with Crippen molar-refractivity contribution in [3.05, 3.63) is 89.5 Å². The van der Waals surface area contributed by atoms with Crippen LogP contribution in [0.5, 0.6) is 0 Å². The molecule has 0 unspecified atom stereocenters. The Morgan fingerprint density at radius 2 is 1.78 bits per heavy atom. The maximum atomic E-state index is 15.0. The van der Waals surface area contributed by atoms with Gasteiger partial charge in [0.05, 0.1) is 35.0 Å². The highest BCUT2D eigenvalue weighted by Crippen LogP contribution is 2.33. The number of halogens is 7. The molecule has 0 saturated carbocycles. The molecule has 46 heavy (non-hydrogen) atoms. The third-order valence-electron chi connectivity index (χ3n) is 6.39. The van der Waals surface area contributed by atoms with E-state index in [4.69, 9.17) is 4.74 Å². The van der Waals surface area contributed by atoms with Crippen LogP contribution >= 0.6 is 11.8 Å². The van der Waals surface area contributed by atoms with Crippen LogP contribution < -0.4 is 10.2 Å². The zero-order valence-electron chi connectivity index (χ0n) is 23.5. The van der Waals surface area contributed by atoms with Crippen LogP contribution in [-0.4, -0.2) is 50.4 Å². The van der Waals surface area contributed by atoms with E-state index in [0.29, 0.717) is 11.1 Å². The standard InChI is InChI=1S/C29H21F7N6O3S/c1-16-2-3-18(12-45-14-28(31,32)33)23(10-16)42-24(43)13-46-27(42)39-26(44)38-22-9-8-20(11-21(22)30)41-15-37-25(40-41)17-4-6-19(7-5-17)29(34,35)36/h2-11,15H,12-14H2,1H3,(H,38,44). The van der Waals surface area contributed by atoms with Gasteiger partial charge < -0.3 is 10.1 Å². The number of amidine groups is 1. The number of carbonyl (C=O) groups excluding carboxylic acids is 2. The summed E-state index contributed by atoms with van der Waals surface area (Å²) in [4.78, 5) is 34.6. The predicted molar refractivity (Wildman–Crippen MR) is 155 cm³/mol. The summed E-state index contributed by atoms with van der Waals surface area (Å²) in [7, 11) is 0. The molecule has 4 aromatic rings. The molecular formula is C29H21F7N6O3S. The Hall–Kier alpha value is -4.77. The lowest BCUT2D eigenvalue weighted by Crippen LogP contribution is -2.31. The number of amides is 3. The molecule has 5 rings (SSSR count). The van der Waals surface area contributed by atoms with Gasteiger partial charge in [0.15, 0.2) is 11.0 Å². The lowest BCUT2D eigenvalue weighted by molar-refractivity contribution is -0.176. The second-order valence-corrected chi connectivity index (χ2v) is 10.8. The first-order valence-electron chi connectivity index (χ1n) is 13.2. The SMILES string of the molecule is Cc1ccc(COCC(F)(F)F)c(N2C(=O)CSC2=NC(=O)Nc2ccc(-n3cnc(-c4ccc(C(F)(F)F)cc4)n3)cc2F)c1. The maximum Gasteiger partial charge on any atom is 0.416 e. The molecule has 1 aromatic heterocycles. The number of rotatable bonds is 7. The minimum atomic E-state index is -4.55. The first kappa shape index (κ1) is 32.6. The molecule has 3 aromatic carbocycles. The van der Waals surface area contributed by atoms with E-state index in [0.717, 1.165) is 34.9 Å². The summed E-state index contributed by atoms with van der Waals surface area (Å²) in [6.45, 7) is -0.242. The van der Waals surface area contributed by atoms with E-state index < -0.39 is 48.9 Å². The number of aryl methyl sites for hydroxylation is 1. The summed E-state index contributed by atoms with van der Waals surface area (Å²) in [6, 6.07) is 11.5. The van der Waals surface area contributed by atoms with Crippen LogP contribution in [0.25, 0.3) is 17.1 Å². The van der Waals surface area contributed by atoms with E-state index in [9.17, 15) is 35.9 Å². The second-order valence-electron chi connectivity index (χ2n) is 9.83. The number of anilines is 2. The van der Waals surface area contributed by atoms with Crippen LogP contribution in [0.2, 0.25) is 0 Å². The molecule has 240 valence electrons. The van der Waals surface area contributed by atoms with Crippen LogP contribution in [0.1, 0.15) is 16.7 Å². The van der Waals surface area contributed by atoms with Crippen molar-refractivity contribution in [1.29, 1.82) is 0 Å². The van der Waals surface area contributed by atoms with Crippen LogP contribution in [0.3, 0.4) is 0 Å². The number of ether oxygens (including phenoxy) is 1. The summed E-state index contributed by atoms with van der Waals surface area (Å²) < 4.78 is 97.3. The Kier molecular flexibility index (Phi) is 9.16. The Morgan fingerprint density at radius 1 is 1.04 bits per heavy atom. The zero-order valence-corrected chi connectivity index (χ0v) is 24.3. The summed E-state index contributed by atoms with van der Waals surface area (Å²) in [5.41, 5.74) is 0.538. The van der Waals surface area contributed by atoms with Gasteiger partial charge in [0.1, 0.15) is 18.8 Å². The molecule has 0 bridgehead atoms. The molecule has 0 atom stereocenters. The number of hydrogen-bond donors (Lipinski definition) is 1. The molecule has 1 aliphatic rings. The van der Waals surface area contributed by atoms with Gasteiger partial charge in [-0.2, -0.15) is 31.3 Å². The van der Waals surface area contributed by atoms with Crippen molar-refractivity contribution in [3.63, 3.8) is 0 Å². The van der Waals surface area contributed by atoms with Gasteiger partial charge >= 0.3 is 18.4 Å². The molecule has 1 aliphatic heterocycles. The Labute approximate surface area is 260 Å². The number of urea groups is 1. The normalized spacial score (nSPS) is 14.7. The number of aliphatic imine (C=N–C) groups is 1. The Bertz CT molecular complexity index is 1810. The highest BCUT2D eigenvalue weighted by atomic mass is 32.2. The van der Waals surface area contributed by atoms with Crippen molar-refractivity contribution in [2.75, 3.05) is 22.6 Å². The maximum absolute atomic E-state index is 15.0. The van der Waals surface area contributed by atoms with Crippen molar-refractivity contribution < 1.29 is 45.1 Å². The van der Waals surface area contributed by atoms with E-state index in [-0.39, 0.29) is 39.4 Å². The fourth-order valence-electron chi connectivity index (χ4n) is 4.27. The third kappa shape index (κ3) is 7.71. The van der Waals surface area contributed by atoms with Crippen LogP contribution in [0, 0.1) is 12.7 Å². The molecule has 2 heterocycles. The number of alkyl halides is 6. The number of nitrogens with one attached hydrogen (secondary N) is 1. The fourth-order valence-corrected chi connectivity index (χ4v) is 5.13. The predicted octanol–water partition coefficient (Wildman–Crippen LogP) is 7.15. The first-order chi connectivity index (χ1) is 21.7. The molecular weight excluding hydrogens is 645 g/mol. The van der Waals surface area contributed by atoms with Gasteiger partial charge in [-0.25, -0.2) is 18.9 Å². The summed E-state index contributed by atoms with van der Waals surface area (Å²) in [5, 5.41) is 6.39. The van der Waals surface area contributed by atoms with E-state index in [1.54, 1.807) is 19.1 Å². The van der Waals surface area contributed by atoms with Gasteiger partial charge in [-0.3, -0.25) is 9.69 Å². The van der Waals surface area contributed by atoms with Crippen LogP contribution in [-0.2, 0) is 22.3 Å². The van der Waals surface area contributed by atoms with Crippen molar-refractivity contribution in [2.45, 2.75) is 25.9 Å². The number of thioether (sulfide) groups is 1. The van der Waals surface area contributed by atoms with Crippen molar-refractivity contribution in [1.82, 2.24) is 14.8 Å². The summed E-state index contributed by atoms with van der Waals surface area (Å²) in [5.74, 6) is -1.36.